The Morgan fingerprint density at radius 2 is 1.97 bits per heavy atom. The molecule has 0 bridgehead atoms. The van der Waals surface area contributed by atoms with Crippen molar-refractivity contribution in [3.05, 3.63) is 58.4 Å². The molecule has 10 heteroatoms. The van der Waals surface area contributed by atoms with Gasteiger partial charge in [0, 0.05) is 11.8 Å². The van der Waals surface area contributed by atoms with Crippen LogP contribution in [0.2, 0.25) is 0 Å². The summed E-state index contributed by atoms with van der Waals surface area (Å²) in [5.41, 5.74) is 0.419. The lowest BCUT2D eigenvalue weighted by atomic mass is 10.2. The second kappa shape index (κ2) is 9.60. The minimum atomic E-state index is -0.701. The van der Waals surface area contributed by atoms with E-state index in [-0.39, 0.29) is 23.7 Å². The third kappa shape index (κ3) is 5.98. The van der Waals surface area contributed by atoms with E-state index >= 15 is 0 Å². The highest BCUT2D eigenvalue weighted by molar-refractivity contribution is 5.97. The van der Waals surface area contributed by atoms with E-state index in [1.165, 1.54) is 48.4 Å². The number of halogens is 1. The molecular formula is C19H21FN4O5. The number of benzene rings is 2. The van der Waals surface area contributed by atoms with Crippen LogP contribution < -0.4 is 15.4 Å². The van der Waals surface area contributed by atoms with Crippen LogP contribution in [0.4, 0.5) is 21.5 Å². The first-order chi connectivity index (χ1) is 13.7. The molecule has 0 heterocycles. The molecule has 0 aliphatic heterocycles. The Labute approximate surface area is 166 Å². The number of amides is 2. The summed E-state index contributed by atoms with van der Waals surface area (Å²) in [5, 5.41) is 16.0. The number of non-ortho nitro benzene ring substituents is 1. The maximum Gasteiger partial charge on any atom is 0.273 e. The number of nitro groups is 1. The summed E-state index contributed by atoms with van der Waals surface area (Å²) in [4.78, 5) is 36.4. The molecule has 2 N–H and O–H groups in total. The second-order valence-corrected chi connectivity index (χ2v) is 6.28. The summed E-state index contributed by atoms with van der Waals surface area (Å²) >= 11 is 0. The maximum atomic E-state index is 13.2. The zero-order valence-corrected chi connectivity index (χ0v) is 16.1. The normalized spacial score (nSPS) is 11.6. The Balaban J connectivity index is 1.98. The van der Waals surface area contributed by atoms with Crippen LogP contribution in [-0.2, 0) is 9.59 Å². The van der Waals surface area contributed by atoms with E-state index in [2.05, 4.69) is 10.6 Å². The summed E-state index contributed by atoms with van der Waals surface area (Å²) in [6.07, 6.45) is 0. The number of rotatable bonds is 8. The van der Waals surface area contributed by atoms with E-state index < -0.39 is 28.6 Å². The molecular weight excluding hydrogens is 383 g/mol. The molecule has 1 atom stereocenters. The molecule has 29 heavy (non-hydrogen) atoms. The fourth-order valence-electron chi connectivity index (χ4n) is 2.46. The lowest BCUT2D eigenvalue weighted by Gasteiger charge is -2.23. The molecule has 0 aliphatic carbocycles. The van der Waals surface area contributed by atoms with Crippen molar-refractivity contribution in [2.45, 2.75) is 13.0 Å². The summed E-state index contributed by atoms with van der Waals surface area (Å²) in [5.74, 6) is -1.17. The Morgan fingerprint density at radius 1 is 1.24 bits per heavy atom. The largest absolute Gasteiger partial charge is 0.494 e. The molecule has 0 saturated carbocycles. The summed E-state index contributed by atoms with van der Waals surface area (Å²) in [6, 6.07) is 8.61. The first-order valence-electron chi connectivity index (χ1n) is 8.60. The van der Waals surface area contributed by atoms with Gasteiger partial charge >= 0.3 is 0 Å². The van der Waals surface area contributed by atoms with Crippen LogP contribution in [0.15, 0.2) is 42.5 Å². The van der Waals surface area contributed by atoms with Gasteiger partial charge in [-0.25, -0.2) is 4.39 Å². The van der Waals surface area contributed by atoms with Gasteiger partial charge in [-0.3, -0.25) is 24.6 Å². The van der Waals surface area contributed by atoms with Gasteiger partial charge in [-0.2, -0.15) is 0 Å². The minimum Gasteiger partial charge on any atom is -0.494 e. The first kappa shape index (κ1) is 21.8. The standard InChI is InChI=1S/C19H21FN4O5/c1-12(23(2)11-18(25)21-14-6-4-5-13(20)9-14)19(26)22-16-8-7-15(24(27)28)10-17(16)29-3/h4-10,12H,11H2,1-3H3,(H,21,25)(H,22,26)/t12-/m0/s1. The quantitative estimate of drug-likeness (QED) is 0.516. The number of likely N-dealkylation sites (N-methyl/N-ethyl adjacent to an activating group) is 1. The highest BCUT2D eigenvalue weighted by Gasteiger charge is 2.22. The maximum absolute atomic E-state index is 13.2. The number of nitro benzene ring substituents is 1. The zero-order chi connectivity index (χ0) is 21.6. The number of anilines is 2. The van der Waals surface area contributed by atoms with E-state index in [1.807, 2.05) is 0 Å². The van der Waals surface area contributed by atoms with Gasteiger partial charge in [-0.05, 0) is 38.2 Å². The fraction of sp³-hybridized carbons (Fsp3) is 0.263. The molecule has 2 aromatic rings. The van der Waals surface area contributed by atoms with Crippen molar-refractivity contribution in [2.75, 3.05) is 31.3 Å². The predicted molar refractivity (Wildman–Crippen MR) is 105 cm³/mol. The monoisotopic (exact) mass is 404 g/mol. The van der Waals surface area contributed by atoms with Crippen LogP contribution in [0.1, 0.15) is 6.92 Å². The molecule has 2 amide bonds. The molecule has 2 rings (SSSR count). The molecule has 0 fully saturated rings. The van der Waals surface area contributed by atoms with Crippen molar-refractivity contribution in [2.24, 2.45) is 0 Å². The predicted octanol–water partition coefficient (Wildman–Crippen LogP) is 2.64. The number of hydrogen-bond acceptors (Lipinski definition) is 6. The van der Waals surface area contributed by atoms with Crippen molar-refractivity contribution >= 4 is 28.9 Å². The Morgan fingerprint density at radius 3 is 2.59 bits per heavy atom. The molecule has 0 aromatic heterocycles. The summed E-state index contributed by atoms with van der Waals surface area (Å²) in [6.45, 7) is 1.49. The lowest BCUT2D eigenvalue weighted by Crippen LogP contribution is -2.43. The average Bonchev–Trinajstić information content (AvgIpc) is 2.67. The lowest BCUT2D eigenvalue weighted by molar-refractivity contribution is -0.384. The van der Waals surface area contributed by atoms with Gasteiger partial charge in [0.1, 0.15) is 11.6 Å². The topological polar surface area (TPSA) is 114 Å². The van der Waals surface area contributed by atoms with Crippen molar-refractivity contribution in [3.8, 4) is 5.75 Å². The van der Waals surface area contributed by atoms with Crippen molar-refractivity contribution in [1.82, 2.24) is 4.90 Å². The van der Waals surface area contributed by atoms with Gasteiger partial charge in [0.15, 0.2) is 0 Å². The number of carbonyl (C=O) groups is 2. The zero-order valence-electron chi connectivity index (χ0n) is 16.1. The summed E-state index contributed by atoms with van der Waals surface area (Å²) < 4.78 is 18.3. The van der Waals surface area contributed by atoms with Gasteiger partial charge in [0.05, 0.1) is 36.4 Å². The van der Waals surface area contributed by atoms with Crippen molar-refractivity contribution in [1.29, 1.82) is 0 Å². The van der Waals surface area contributed by atoms with Gasteiger partial charge < -0.3 is 15.4 Å². The number of carbonyl (C=O) groups excluding carboxylic acids is 2. The Hall–Kier alpha value is -3.53. The highest BCUT2D eigenvalue weighted by atomic mass is 19.1. The molecule has 0 spiro atoms. The summed E-state index contributed by atoms with van der Waals surface area (Å²) in [7, 11) is 2.92. The van der Waals surface area contributed by atoms with Gasteiger partial charge in [0.2, 0.25) is 11.8 Å². The van der Waals surface area contributed by atoms with E-state index in [0.29, 0.717) is 5.69 Å². The number of hydrogen-bond donors (Lipinski definition) is 2. The van der Waals surface area contributed by atoms with Crippen LogP contribution in [-0.4, -0.2) is 48.4 Å². The van der Waals surface area contributed by atoms with Gasteiger partial charge in [-0.1, -0.05) is 6.07 Å². The van der Waals surface area contributed by atoms with E-state index in [4.69, 9.17) is 4.74 Å². The van der Waals surface area contributed by atoms with Crippen LogP contribution in [0.3, 0.4) is 0 Å². The molecule has 154 valence electrons. The van der Waals surface area contributed by atoms with Gasteiger partial charge in [0.25, 0.3) is 5.69 Å². The molecule has 2 aromatic carbocycles. The fourth-order valence-corrected chi connectivity index (χ4v) is 2.46. The Bertz CT molecular complexity index is 921. The van der Waals surface area contributed by atoms with Crippen LogP contribution in [0.5, 0.6) is 5.75 Å². The number of nitrogens with one attached hydrogen (secondary N) is 2. The third-order valence-corrected chi connectivity index (χ3v) is 4.20. The highest BCUT2D eigenvalue weighted by Crippen LogP contribution is 2.29. The van der Waals surface area contributed by atoms with Crippen molar-refractivity contribution in [3.63, 3.8) is 0 Å². The SMILES string of the molecule is COc1cc([N+](=O)[O-])ccc1NC(=O)[C@H](C)N(C)CC(=O)Nc1cccc(F)c1. The number of nitrogens with zero attached hydrogens (tertiary/aromatic N) is 2. The molecule has 0 aliphatic rings. The van der Waals surface area contributed by atoms with Crippen LogP contribution in [0.25, 0.3) is 0 Å². The Kier molecular flexibility index (Phi) is 7.21. The molecule has 0 unspecified atom stereocenters. The van der Waals surface area contributed by atoms with E-state index in [1.54, 1.807) is 20.0 Å². The average molecular weight is 404 g/mol. The van der Waals surface area contributed by atoms with E-state index in [9.17, 15) is 24.1 Å². The smallest absolute Gasteiger partial charge is 0.273 e. The molecule has 0 saturated heterocycles. The van der Waals surface area contributed by atoms with E-state index in [0.717, 1.165) is 0 Å². The van der Waals surface area contributed by atoms with Crippen LogP contribution >= 0.6 is 0 Å². The second-order valence-electron chi connectivity index (χ2n) is 6.28. The van der Waals surface area contributed by atoms with Crippen LogP contribution in [0, 0.1) is 15.9 Å². The third-order valence-electron chi connectivity index (χ3n) is 4.20. The number of methoxy groups -OCH3 is 1. The molecule has 9 nitrogen and oxygen atoms in total. The van der Waals surface area contributed by atoms with Crippen molar-refractivity contribution < 1.29 is 23.6 Å². The molecule has 0 radical (unpaired) electrons. The number of ether oxygens (including phenoxy) is 1. The minimum absolute atomic E-state index is 0.109. The van der Waals surface area contributed by atoms with Gasteiger partial charge in [-0.15, -0.1) is 0 Å². The first-order valence-corrected chi connectivity index (χ1v) is 8.60.